The number of nitrogens with zero attached hydrogens (tertiary/aromatic N) is 2. The summed E-state index contributed by atoms with van der Waals surface area (Å²) >= 11 is 0. The van der Waals surface area contributed by atoms with Crippen molar-refractivity contribution in [2.24, 2.45) is 4.99 Å². The van der Waals surface area contributed by atoms with Gasteiger partial charge < -0.3 is 24.5 Å². The van der Waals surface area contributed by atoms with Gasteiger partial charge in [0.2, 0.25) is 5.89 Å². The highest BCUT2D eigenvalue weighted by atomic mass is 19.3. The lowest BCUT2D eigenvalue weighted by molar-refractivity contribution is -0.0512. The number of rotatable bonds is 8. The second-order valence-electron chi connectivity index (χ2n) is 7.28. The molecule has 2 N–H and O–H groups in total. The highest BCUT2D eigenvalue weighted by Gasteiger charge is 2.19. The summed E-state index contributed by atoms with van der Waals surface area (Å²) in [4.78, 5) is 8.75. The summed E-state index contributed by atoms with van der Waals surface area (Å²) in [5, 5.41) is 6.27. The van der Waals surface area contributed by atoms with Crippen molar-refractivity contribution in [2.75, 3.05) is 13.7 Å². The van der Waals surface area contributed by atoms with Crippen LogP contribution in [0, 0.1) is 0 Å². The lowest BCUT2D eigenvalue weighted by Crippen LogP contribution is -2.36. The summed E-state index contributed by atoms with van der Waals surface area (Å²) in [7, 11) is 1.40. The van der Waals surface area contributed by atoms with Crippen molar-refractivity contribution in [3.8, 4) is 11.5 Å². The van der Waals surface area contributed by atoms with Crippen molar-refractivity contribution in [2.45, 2.75) is 52.8 Å². The molecule has 0 spiro atoms. The van der Waals surface area contributed by atoms with E-state index in [1.807, 2.05) is 6.92 Å². The van der Waals surface area contributed by atoms with E-state index in [-0.39, 0.29) is 23.5 Å². The molecule has 2 aromatic rings. The van der Waals surface area contributed by atoms with Gasteiger partial charge in [-0.1, -0.05) is 26.8 Å². The molecular formula is C20H28F2N4O3. The van der Waals surface area contributed by atoms with Gasteiger partial charge >= 0.3 is 6.61 Å². The number of aromatic nitrogens is 1. The quantitative estimate of drug-likeness (QED) is 0.508. The third-order valence-corrected chi connectivity index (χ3v) is 3.91. The van der Waals surface area contributed by atoms with Gasteiger partial charge in [-0.25, -0.2) is 9.98 Å². The maximum Gasteiger partial charge on any atom is 0.387 e. The molecule has 160 valence electrons. The predicted molar refractivity (Wildman–Crippen MR) is 106 cm³/mol. The number of hydrogen-bond donors (Lipinski definition) is 2. The number of benzene rings is 1. The minimum atomic E-state index is -2.93. The average Bonchev–Trinajstić information content (AvgIpc) is 3.13. The Morgan fingerprint density at radius 1 is 1.24 bits per heavy atom. The van der Waals surface area contributed by atoms with Crippen LogP contribution in [0.3, 0.4) is 0 Å². The zero-order valence-electron chi connectivity index (χ0n) is 17.4. The Hall–Kier alpha value is -2.84. The Labute approximate surface area is 169 Å². The summed E-state index contributed by atoms with van der Waals surface area (Å²) in [6.07, 6.45) is 1.73. The number of nitrogens with one attached hydrogen (secondary N) is 2. The van der Waals surface area contributed by atoms with Crippen molar-refractivity contribution in [3.05, 3.63) is 41.6 Å². The third kappa shape index (κ3) is 6.92. The minimum Gasteiger partial charge on any atom is -0.493 e. The molecule has 0 saturated heterocycles. The molecule has 7 nitrogen and oxygen atoms in total. The summed E-state index contributed by atoms with van der Waals surface area (Å²) in [5.74, 6) is 2.12. The van der Waals surface area contributed by atoms with E-state index < -0.39 is 6.61 Å². The van der Waals surface area contributed by atoms with Gasteiger partial charge in [0.25, 0.3) is 0 Å². The predicted octanol–water partition coefficient (Wildman–Crippen LogP) is 3.84. The molecule has 1 heterocycles. The second kappa shape index (κ2) is 10.1. The van der Waals surface area contributed by atoms with Crippen LogP contribution in [0.2, 0.25) is 0 Å². The van der Waals surface area contributed by atoms with Crippen LogP contribution in [-0.2, 0) is 18.5 Å². The van der Waals surface area contributed by atoms with Crippen LogP contribution >= 0.6 is 0 Å². The molecule has 0 radical (unpaired) electrons. The van der Waals surface area contributed by atoms with E-state index in [0.717, 1.165) is 5.76 Å². The second-order valence-corrected chi connectivity index (χ2v) is 7.28. The van der Waals surface area contributed by atoms with Gasteiger partial charge in [-0.2, -0.15) is 8.78 Å². The molecule has 9 heteroatoms. The van der Waals surface area contributed by atoms with Crippen LogP contribution in [0.25, 0.3) is 0 Å². The van der Waals surface area contributed by atoms with Crippen LogP contribution in [0.1, 0.15) is 44.9 Å². The van der Waals surface area contributed by atoms with Crippen LogP contribution in [0.5, 0.6) is 11.5 Å². The van der Waals surface area contributed by atoms with Gasteiger partial charge in [0.1, 0.15) is 5.76 Å². The molecule has 0 fully saturated rings. The van der Waals surface area contributed by atoms with Crippen molar-refractivity contribution in [3.63, 3.8) is 0 Å². The number of ether oxygens (including phenoxy) is 2. The van der Waals surface area contributed by atoms with Crippen LogP contribution in [-0.4, -0.2) is 31.2 Å². The summed E-state index contributed by atoms with van der Waals surface area (Å²) < 4.78 is 40.5. The van der Waals surface area contributed by atoms with E-state index in [0.29, 0.717) is 30.5 Å². The number of halogens is 2. The number of aliphatic imine (C=N–C) groups is 1. The van der Waals surface area contributed by atoms with E-state index in [1.54, 1.807) is 18.3 Å². The minimum absolute atomic E-state index is 0.0253. The highest BCUT2D eigenvalue weighted by molar-refractivity contribution is 5.79. The molecule has 2 rings (SSSR count). The SMILES string of the molecule is CCNC(=NCc1ccc(OC)c(OC(F)F)c1)NCc1ncc(C(C)(C)C)o1. The maximum atomic E-state index is 12.6. The molecule has 0 atom stereocenters. The normalized spacial score (nSPS) is 12.2. The lowest BCUT2D eigenvalue weighted by Gasteiger charge is -2.13. The number of methoxy groups -OCH3 is 1. The van der Waals surface area contributed by atoms with E-state index in [4.69, 9.17) is 9.15 Å². The molecule has 0 unspecified atom stereocenters. The first-order chi connectivity index (χ1) is 13.7. The van der Waals surface area contributed by atoms with Crippen molar-refractivity contribution in [1.82, 2.24) is 15.6 Å². The maximum absolute atomic E-state index is 12.6. The van der Waals surface area contributed by atoms with E-state index >= 15 is 0 Å². The molecule has 0 aliphatic rings. The first-order valence-corrected chi connectivity index (χ1v) is 9.32. The molecule has 0 saturated carbocycles. The Balaban J connectivity index is 2.05. The summed E-state index contributed by atoms with van der Waals surface area (Å²) in [6.45, 7) is 6.46. The Kier molecular flexibility index (Phi) is 7.81. The van der Waals surface area contributed by atoms with Gasteiger partial charge in [0, 0.05) is 12.0 Å². The Morgan fingerprint density at radius 3 is 2.59 bits per heavy atom. The Morgan fingerprint density at radius 2 is 2.00 bits per heavy atom. The first-order valence-electron chi connectivity index (χ1n) is 9.32. The van der Waals surface area contributed by atoms with Crippen molar-refractivity contribution in [1.29, 1.82) is 0 Å². The van der Waals surface area contributed by atoms with E-state index in [2.05, 4.69) is 46.1 Å². The third-order valence-electron chi connectivity index (χ3n) is 3.91. The van der Waals surface area contributed by atoms with Gasteiger partial charge in [0.15, 0.2) is 17.5 Å². The van der Waals surface area contributed by atoms with Gasteiger partial charge in [-0.15, -0.1) is 0 Å². The Bertz CT molecular complexity index is 816. The van der Waals surface area contributed by atoms with E-state index in [9.17, 15) is 8.78 Å². The summed E-state index contributed by atoms with van der Waals surface area (Å²) in [5.41, 5.74) is 0.584. The molecule has 1 aromatic carbocycles. The van der Waals surface area contributed by atoms with E-state index in [1.165, 1.54) is 13.2 Å². The largest absolute Gasteiger partial charge is 0.493 e. The van der Waals surface area contributed by atoms with Crippen molar-refractivity contribution < 1.29 is 22.7 Å². The van der Waals surface area contributed by atoms with Gasteiger partial charge in [-0.05, 0) is 24.6 Å². The molecule has 1 aromatic heterocycles. The van der Waals surface area contributed by atoms with Crippen molar-refractivity contribution >= 4 is 5.96 Å². The lowest BCUT2D eigenvalue weighted by atomic mass is 9.94. The zero-order chi connectivity index (χ0) is 21.4. The number of alkyl halides is 2. The first kappa shape index (κ1) is 22.4. The highest BCUT2D eigenvalue weighted by Crippen LogP contribution is 2.29. The van der Waals surface area contributed by atoms with Crippen LogP contribution in [0.15, 0.2) is 33.8 Å². The summed E-state index contributed by atoms with van der Waals surface area (Å²) in [6, 6.07) is 4.80. The molecule has 0 aliphatic heterocycles. The fourth-order valence-electron chi connectivity index (χ4n) is 2.42. The van der Waals surface area contributed by atoms with Gasteiger partial charge in [-0.3, -0.25) is 0 Å². The fourth-order valence-corrected chi connectivity index (χ4v) is 2.42. The van der Waals surface area contributed by atoms with Crippen LogP contribution < -0.4 is 20.1 Å². The topological polar surface area (TPSA) is 80.9 Å². The van der Waals surface area contributed by atoms with Crippen LogP contribution in [0.4, 0.5) is 8.78 Å². The molecule has 0 amide bonds. The fraction of sp³-hybridized carbons (Fsp3) is 0.500. The molecule has 0 aliphatic carbocycles. The van der Waals surface area contributed by atoms with Gasteiger partial charge in [0.05, 0.1) is 26.4 Å². The zero-order valence-corrected chi connectivity index (χ0v) is 17.4. The molecule has 29 heavy (non-hydrogen) atoms. The monoisotopic (exact) mass is 410 g/mol. The smallest absolute Gasteiger partial charge is 0.387 e. The number of oxazole rings is 1. The number of hydrogen-bond acceptors (Lipinski definition) is 5. The average molecular weight is 410 g/mol. The standard InChI is InChI=1S/C20H28F2N4O3/c1-6-23-19(26-12-17-24-11-16(29-17)20(2,3)4)25-10-13-7-8-14(27-5)15(9-13)28-18(21)22/h7-9,11,18H,6,10,12H2,1-5H3,(H2,23,25,26). The molecular weight excluding hydrogens is 382 g/mol. The molecule has 0 bridgehead atoms. The number of guanidine groups is 1.